The summed E-state index contributed by atoms with van der Waals surface area (Å²) in [4.78, 5) is 4.17. The average Bonchev–Trinajstić information content (AvgIpc) is 2.35. The minimum atomic E-state index is -0.0681. The molecule has 0 aliphatic heterocycles. The van der Waals surface area contributed by atoms with E-state index < -0.39 is 0 Å². The van der Waals surface area contributed by atoms with E-state index in [9.17, 15) is 0 Å². The Morgan fingerprint density at radius 3 is 2.61 bits per heavy atom. The molecule has 18 heavy (non-hydrogen) atoms. The third kappa shape index (κ3) is 2.48. The van der Waals surface area contributed by atoms with E-state index in [1.54, 1.807) is 18.2 Å². The summed E-state index contributed by atoms with van der Waals surface area (Å²) in [5.74, 6) is 1.14. The number of pyridine rings is 1. The molecule has 3 N–H and O–H groups in total. The Morgan fingerprint density at radius 1 is 1.17 bits per heavy atom. The van der Waals surface area contributed by atoms with Gasteiger partial charge in [-0.1, -0.05) is 18.2 Å². The minimum absolute atomic E-state index is 0.0681. The monoisotopic (exact) mass is 241 g/mol. The van der Waals surface area contributed by atoms with Crippen LogP contribution in [0.15, 0.2) is 36.4 Å². The van der Waals surface area contributed by atoms with Crippen molar-refractivity contribution in [2.45, 2.75) is 13.8 Å². The van der Waals surface area contributed by atoms with Crippen molar-refractivity contribution >= 4 is 5.84 Å². The molecule has 1 aromatic carbocycles. The van der Waals surface area contributed by atoms with Crippen LogP contribution in [0.5, 0.6) is 11.6 Å². The standard InChI is InChI=1S/C14H15N3O/c1-9-5-3-7-12(10(9)2)18-13-8-4-6-11(17-13)14(15)16/h3-8H,1-2H3,(H3,15,16). The summed E-state index contributed by atoms with van der Waals surface area (Å²) in [7, 11) is 0. The number of ether oxygens (including phenoxy) is 1. The molecule has 2 rings (SSSR count). The molecule has 92 valence electrons. The number of nitrogens with zero attached hydrogens (tertiary/aromatic N) is 1. The molecule has 0 bridgehead atoms. The highest BCUT2D eigenvalue weighted by molar-refractivity contribution is 5.93. The van der Waals surface area contributed by atoms with Crippen LogP contribution in [0, 0.1) is 19.3 Å². The molecule has 1 heterocycles. The predicted octanol–water partition coefficient (Wildman–Crippen LogP) is 2.77. The highest BCUT2D eigenvalue weighted by atomic mass is 16.5. The summed E-state index contributed by atoms with van der Waals surface area (Å²) < 4.78 is 5.72. The fourth-order valence-electron chi connectivity index (χ4n) is 1.57. The zero-order valence-electron chi connectivity index (χ0n) is 10.4. The summed E-state index contributed by atoms with van der Waals surface area (Å²) in [5.41, 5.74) is 8.05. The molecule has 0 spiro atoms. The van der Waals surface area contributed by atoms with Gasteiger partial charge in [0, 0.05) is 6.07 Å². The molecule has 0 atom stereocenters. The van der Waals surface area contributed by atoms with Gasteiger partial charge in [-0.25, -0.2) is 4.98 Å². The molecule has 0 aliphatic rings. The van der Waals surface area contributed by atoms with Crippen LogP contribution >= 0.6 is 0 Å². The molecule has 4 heteroatoms. The lowest BCUT2D eigenvalue weighted by atomic mass is 10.1. The van der Waals surface area contributed by atoms with Crippen LogP contribution in [0.4, 0.5) is 0 Å². The Balaban J connectivity index is 2.31. The lowest BCUT2D eigenvalue weighted by Crippen LogP contribution is -2.13. The van der Waals surface area contributed by atoms with Gasteiger partial charge in [0.25, 0.3) is 0 Å². The number of aromatic nitrogens is 1. The Hall–Kier alpha value is -2.36. The van der Waals surface area contributed by atoms with Crippen LogP contribution in [0.25, 0.3) is 0 Å². The van der Waals surface area contributed by atoms with Gasteiger partial charge in [-0.2, -0.15) is 0 Å². The SMILES string of the molecule is Cc1cccc(Oc2cccc(C(=N)N)n2)c1C. The quantitative estimate of drug-likeness (QED) is 0.641. The van der Waals surface area contributed by atoms with E-state index in [0.717, 1.165) is 16.9 Å². The molecule has 4 nitrogen and oxygen atoms in total. The van der Waals surface area contributed by atoms with Crippen LogP contribution < -0.4 is 10.5 Å². The van der Waals surface area contributed by atoms with E-state index in [4.69, 9.17) is 15.9 Å². The van der Waals surface area contributed by atoms with Gasteiger partial charge in [0.1, 0.15) is 17.3 Å². The smallest absolute Gasteiger partial charge is 0.219 e. The molecule has 0 aliphatic carbocycles. The lowest BCUT2D eigenvalue weighted by molar-refractivity contribution is 0.458. The number of nitrogen functional groups attached to an aromatic ring is 1. The highest BCUT2D eigenvalue weighted by Crippen LogP contribution is 2.25. The molecule has 2 aromatic rings. The van der Waals surface area contributed by atoms with E-state index in [0.29, 0.717) is 11.6 Å². The topological polar surface area (TPSA) is 72.0 Å². The summed E-state index contributed by atoms with van der Waals surface area (Å²) in [5, 5.41) is 7.35. The maximum Gasteiger partial charge on any atom is 0.219 e. The van der Waals surface area contributed by atoms with Crippen LogP contribution in [0.3, 0.4) is 0 Å². The molecule has 0 fully saturated rings. The van der Waals surface area contributed by atoms with E-state index in [2.05, 4.69) is 4.98 Å². The highest BCUT2D eigenvalue weighted by Gasteiger charge is 2.05. The predicted molar refractivity (Wildman–Crippen MR) is 71.2 cm³/mol. The minimum Gasteiger partial charge on any atom is -0.439 e. The van der Waals surface area contributed by atoms with Gasteiger partial charge in [0.15, 0.2) is 0 Å². The van der Waals surface area contributed by atoms with E-state index in [1.807, 2.05) is 32.0 Å². The Bertz CT molecular complexity index is 593. The van der Waals surface area contributed by atoms with Gasteiger partial charge in [-0.05, 0) is 37.1 Å². The number of rotatable bonds is 3. The normalized spacial score (nSPS) is 10.1. The number of hydrogen-bond acceptors (Lipinski definition) is 3. The number of nitrogens with one attached hydrogen (secondary N) is 1. The first-order valence-electron chi connectivity index (χ1n) is 5.63. The number of benzene rings is 1. The second-order valence-corrected chi connectivity index (χ2v) is 4.07. The fraction of sp³-hybridized carbons (Fsp3) is 0.143. The van der Waals surface area contributed by atoms with Crippen molar-refractivity contribution in [3.8, 4) is 11.6 Å². The van der Waals surface area contributed by atoms with Crippen LogP contribution in [-0.4, -0.2) is 10.8 Å². The summed E-state index contributed by atoms with van der Waals surface area (Å²) >= 11 is 0. The largest absolute Gasteiger partial charge is 0.439 e. The third-order valence-electron chi connectivity index (χ3n) is 2.77. The van der Waals surface area contributed by atoms with Gasteiger partial charge in [0.2, 0.25) is 5.88 Å². The molecular weight excluding hydrogens is 226 g/mol. The Labute approximate surface area is 106 Å². The average molecular weight is 241 g/mol. The number of amidine groups is 1. The van der Waals surface area contributed by atoms with Crippen molar-refractivity contribution in [1.82, 2.24) is 4.98 Å². The number of nitrogens with two attached hydrogens (primary N) is 1. The van der Waals surface area contributed by atoms with E-state index >= 15 is 0 Å². The maximum atomic E-state index is 7.35. The summed E-state index contributed by atoms with van der Waals surface area (Å²) in [6.45, 7) is 4.03. The van der Waals surface area contributed by atoms with Gasteiger partial charge in [-0.15, -0.1) is 0 Å². The first-order valence-corrected chi connectivity index (χ1v) is 5.63. The molecule has 1 aromatic heterocycles. The van der Waals surface area contributed by atoms with E-state index in [1.165, 1.54) is 0 Å². The molecule has 0 saturated carbocycles. The van der Waals surface area contributed by atoms with Gasteiger partial charge >= 0.3 is 0 Å². The number of hydrogen-bond donors (Lipinski definition) is 2. The van der Waals surface area contributed by atoms with Gasteiger partial charge in [0.05, 0.1) is 0 Å². The Morgan fingerprint density at radius 2 is 1.89 bits per heavy atom. The molecule has 0 unspecified atom stereocenters. The zero-order chi connectivity index (χ0) is 13.1. The first kappa shape index (κ1) is 12.1. The maximum absolute atomic E-state index is 7.35. The number of aryl methyl sites for hydroxylation is 1. The van der Waals surface area contributed by atoms with Crippen molar-refractivity contribution in [3.05, 3.63) is 53.2 Å². The molecule has 0 amide bonds. The fourth-order valence-corrected chi connectivity index (χ4v) is 1.57. The van der Waals surface area contributed by atoms with Crippen molar-refractivity contribution in [1.29, 1.82) is 5.41 Å². The van der Waals surface area contributed by atoms with Crippen molar-refractivity contribution < 1.29 is 4.74 Å². The van der Waals surface area contributed by atoms with Crippen molar-refractivity contribution in [2.24, 2.45) is 5.73 Å². The van der Waals surface area contributed by atoms with Crippen LogP contribution in [0.2, 0.25) is 0 Å². The third-order valence-corrected chi connectivity index (χ3v) is 2.77. The first-order chi connectivity index (χ1) is 8.58. The van der Waals surface area contributed by atoms with E-state index in [-0.39, 0.29) is 5.84 Å². The second-order valence-electron chi connectivity index (χ2n) is 4.07. The van der Waals surface area contributed by atoms with Crippen LogP contribution in [0.1, 0.15) is 16.8 Å². The second kappa shape index (κ2) is 4.87. The van der Waals surface area contributed by atoms with Crippen molar-refractivity contribution in [3.63, 3.8) is 0 Å². The molecule has 0 radical (unpaired) electrons. The van der Waals surface area contributed by atoms with Gasteiger partial charge < -0.3 is 10.5 Å². The summed E-state index contributed by atoms with van der Waals surface area (Å²) in [6.07, 6.45) is 0. The zero-order valence-corrected chi connectivity index (χ0v) is 10.4. The molecule has 0 saturated heterocycles. The van der Waals surface area contributed by atoms with Gasteiger partial charge in [-0.3, -0.25) is 5.41 Å². The van der Waals surface area contributed by atoms with Crippen LogP contribution in [-0.2, 0) is 0 Å². The molecular formula is C14H15N3O. The lowest BCUT2D eigenvalue weighted by Gasteiger charge is -2.10. The van der Waals surface area contributed by atoms with Crippen molar-refractivity contribution in [2.75, 3.05) is 0 Å². The Kier molecular flexibility index (Phi) is 3.28. The summed E-state index contributed by atoms with van der Waals surface area (Å²) in [6, 6.07) is 11.1.